The first-order chi connectivity index (χ1) is 11.3. The summed E-state index contributed by atoms with van der Waals surface area (Å²) in [5.74, 6) is 1.39. The second-order valence-electron chi connectivity index (χ2n) is 6.18. The smallest absolute Gasteiger partial charge is 0.230 e. The molecule has 3 rings (SSSR count). The summed E-state index contributed by atoms with van der Waals surface area (Å²) in [4.78, 5) is 3.47. The Kier molecular flexibility index (Phi) is 5.80. The SMILES string of the molecule is CCc1nnc(CN2CCCCC[C@H]2C[C@@H](O)c2cccs2)o1. The molecule has 1 aliphatic heterocycles. The molecule has 0 unspecified atom stereocenters. The molecular formula is C17H25N3O2S. The topological polar surface area (TPSA) is 62.4 Å². The first kappa shape index (κ1) is 16.6. The fourth-order valence-electron chi connectivity index (χ4n) is 3.24. The van der Waals surface area contributed by atoms with Crippen molar-refractivity contribution in [2.45, 2.75) is 64.1 Å². The van der Waals surface area contributed by atoms with Crippen LogP contribution in [0.3, 0.4) is 0 Å². The standard InChI is InChI=1S/C17H25N3O2S/c1-2-16-18-19-17(22-16)12-20-9-5-3-4-7-13(20)11-14(21)15-8-6-10-23-15/h6,8,10,13-14,21H,2-5,7,9,11-12H2,1H3/t13-,14+/m0/s1. The van der Waals surface area contributed by atoms with Crippen LogP contribution >= 0.6 is 11.3 Å². The minimum absolute atomic E-state index is 0.367. The monoisotopic (exact) mass is 335 g/mol. The number of aliphatic hydroxyl groups is 1. The van der Waals surface area contributed by atoms with Crippen LogP contribution in [0.2, 0.25) is 0 Å². The third-order valence-corrected chi connectivity index (χ3v) is 5.49. The van der Waals surface area contributed by atoms with Gasteiger partial charge < -0.3 is 9.52 Å². The predicted molar refractivity (Wildman–Crippen MR) is 90.2 cm³/mol. The molecule has 0 bridgehead atoms. The summed E-state index contributed by atoms with van der Waals surface area (Å²) < 4.78 is 5.68. The second-order valence-corrected chi connectivity index (χ2v) is 7.16. The molecule has 23 heavy (non-hydrogen) atoms. The van der Waals surface area contributed by atoms with Gasteiger partial charge in [-0.15, -0.1) is 21.5 Å². The van der Waals surface area contributed by atoms with Crippen LogP contribution in [0.25, 0.3) is 0 Å². The zero-order valence-electron chi connectivity index (χ0n) is 13.6. The number of hydrogen-bond acceptors (Lipinski definition) is 6. The lowest BCUT2D eigenvalue weighted by Gasteiger charge is -2.30. The van der Waals surface area contributed by atoms with E-state index in [1.165, 1.54) is 19.3 Å². The highest BCUT2D eigenvalue weighted by molar-refractivity contribution is 7.10. The van der Waals surface area contributed by atoms with E-state index in [2.05, 4.69) is 15.1 Å². The van der Waals surface area contributed by atoms with Crippen LogP contribution in [-0.2, 0) is 13.0 Å². The minimum atomic E-state index is -0.380. The zero-order chi connectivity index (χ0) is 16.1. The van der Waals surface area contributed by atoms with E-state index in [0.717, 1.165) is 30.7 Å². The number of thiophene rings is 1. The number of aromatic nitrogens is 2. The molecule has 2 aromatic heterocycles. The van der Waals surface area contributed by atoms with Gasteiger partial charge in [-0.3, -0.25) is 4.90 Å². The largest absolute Gasteiger partial charge is 0.424 e. The molecule has 1 aliphatic rings. The van der Waals surface area contributed by atoms with Gasteiger partial charge in [0.1, 0.15) is 0 Å². The van der Waals surface area contributed by atoms with Crippen LogP contribution in [0.1, 0.15) is 61.8 Å². The third-order valence-electron chi connectivity index (χ3n) is 4.52. The molecule has 0 spiro atoms. The molecule has 3 heterocycles. The van der Waals surface area contributed by atoms with E-state index in [9.17, 15) is 5.11 Å². The van der Waals surface area contributed by atoms with Crippen molar-refractivity contribution in [1.82, 2.24) is 15.1 Å². The molecule has 2 aromatic rings. The average Bonchev–Trinajstić information content (AvgIpc) is 3.19. The summed E-state index contributed by atoms with van der Waals surface area (Å²) in [6, 6.07) is 4.38. The Hall–Kier alpha value is -1.24. The number of rotatable bonds is 6. The van der Waals surface area contributed by atoms with Crippen molar-refractivity contribution >= 4 is 11.3 Å². The maximum atomic E-state index is 10.5. The molecule has 1 N–H and O–H groups in total. The van der Waals surface area contributed by atoms with Gasteiger partial charge in [0.05, 0.1) is 12.6 Å². The highest BCUT2D eigenvalue weighted by atomic mass is 32.1. The van der Waals surface area contributed by atoms with E-state index in [0.29, 0.717) is 24.4 Å². The first-order valence-electron chi connectivity index (χ1n) is 8.53. The molecule has 0 aromatic carbocycles. The lowest BCUT2D eigenvalue weighted by atomic mass is 10.0. The summed E-state index contributed by atoms with van der Waals surface area (Å²) in [6.45, 7) is 3.74. The van der Waals surface area contributed by atoms with Gasteiger partial charge in [-0.2, -0.15) is 0 Å². The van der Waals surface area contributed by atoms with Crippen LogP contribution in [0.4, 0.5) is 0 Å². The van der Waals surface area contributed by atoms with E-state index in [4.69, 9.17) is 4.42 Å². The number of aliphatic hydroxyl groups excluding tert-OH is 1. The lowest BCUT2D eigenvalue weighted by Crippen LogP contribution is -2.35. The van der Waals surface area contributed by atoms with Crippen LogP contribution in [0.15, 0.2) is 21.9 Å². The highest BCUT2D eigenvalue weighted by Gasteiger charge is 2.26. The van der Waals surface area contributed by atoms with Crippen LogP contribution in [-0.4, -0.2) is 32.8 Å². The zero-order valence-corrected chi connectivity index (χ0v) is 14.5. The van der Waals surface area contributed by atoms with Crippen molar-refractivity contribution in [2.24, 2.45) is 0 Å². The van der Waals surface area contributed by atoms with E-state index >= 15 is 0 Å². The molecule has 0 aliphatic carbocycles. The Morgan fingerprint density at radius 3 is 2.96 bits per heavy atom. The van der Waals surface area contributed by atoms with Crippen molar-refractivity contribution in [3.05, 3.63) is 34.2 Å². The number of nitrogens with zero attached hydrogens (tertiary/aromatic N) is 3. The Bertz CT molecular complexity index is 584. The van der Waals surface area contributed by atoms with E-state index in [-0.39, 0.29) is 6.10 Å². The third kappa shape index (κ3) is 4.40. The summed E-state index contributed by atoms with van der Waals surface area (Å²) in [5, 5.41) is 20.7. The molecule has 5 nitrogen and oxygen atoms in total. The van der Waals surface area contributed by atoms with Crippen molar-refractivity contribution in [2.75, 3.05) is 6.54 Å². The molecular weight excluding hydrogens is 310 g/mol. The van der Waals surface area contributed by atoms with Crippen molar-refractivity contribution < 1.29 is 9.52 Å². The lowest BCUT2D eigenvalue weighted by molar-refractivity contribution is 0.0939. The van der Waals surface area contributed by atoms with Crippen molar-refractivity contribution in [1.29, 1.82) is 0 Å². The number of hydrogen-bond donors (Lipinski definition) is 1. The van der Waals surface area contributed by atoms with Gasteiger partial charge >= 0.3 is 0 Å². The van der Waals surface area contributed by atoms with E-state index in [1.807, 2.05) is 24.4 Å². The first-order valence-corrected chi connectivity index (χ1v) is 9.41. The van der Waals surface area contributed by atoms with Crippen LogP contribution in [0, 0.1) is 0 Å². The molecule has 2 atom stereocenters. The van der Waals surface area contributed by atoms with Crippen LogP contribution in [0.5, 0.6) is 0 Å². The normalized spacial score (nSPS) is 21.2. The van der Waals surface area contributed by atoms with Gasteiger partial charge in [0.2, 0.25) is 11.8 Å². The Morgan fingerprint density at radius 2 is 2.22 bits per heavy atom. The van der Waals surface area contributed by atoms with Crippen LogP contribution < -0.4 is 0 Å². The maximum Gasteiger partial charge on any atom is 0.230 e. The highest BCUT2D eigenvalue weighted by Crippen LogP contribution is 2.29. The van der Waals surface area contributed by atoms with Gasteiger partial charge in [-0.25, -0.2) is 0 Å². The number of aryl methyl sites for hydroxylation is 1. The average molecular weight is 335 g/mol. The molecule has 0 radical (unpaired) electrons. The van der Waals surface area contributed by atoms with Gasteiger partial charge in [0, 0.05) is 17.3 Å². The molecule has 0 amide bonds. The predicted octanol–water partition coefficient (Wildman–Crippen LogP) is 3.56. The Morgan fingerprint density at radius 1 is 1.35 bits per heavy atom. The van der Waals surface area contributed by atoms with E-state index in [1.54, 1.807) is 11.3 Å². The Labute approximate surface area is 141 Å². The fourth-order valence-corrected chi connectivity index (χ4v) is 3.96. The maximum absolute atomic E-state index is 10.5. The summed E-state index contributed by atoms with van der Waals surface area (Å²) in [7, 11) is 0. The Balaban J connectivity index is 1.66. The summed E-state index contributed by atoms with van der Waals surface area (Å²) in [5.41, 5.74) is 0. The van der Waals surface area contributed by atoms with Crippen molar-refractivity contribution in [3.63, 3.8) is 0 Å². The molecule has 6 heteroatoms. The number of likely N-dealkylation sites (tertiary alicyclic amines) is 1. The van der Waals surface area contributed by atoms with Gasteiger partial charge in [0.15, 0.2) is 0 Å². The molecule has 1 saturated heterocycles. The quantitative estimate of drug-likeness (QED) is 0.874. The van der Waals surface area contributed by atoms with Gasteiger partial charge in [-0.1, -0.05) is 25.8 Å². The molecule has 126 valence electrons. The minimum Gasteiger partial charge on any atom is -0.424 e. The van der Waals surface area contributed by atoms with Gasteiger partial charge in [0.25, 0.3) is 0 Å². The van der Waals surface area contributed by atoms with Gasteiger partial charge in [-0.05, 0) is 37.3 Å². The molecule has 1 fully saturated rings. The van der Waals surface area contributed by atoms with E-state index < -0.39 is 0 Å². The summed E-state index contributed by atoms with van der Waals surface area (Å²) >= 11 is 1.63. The van der Waals surface area contributed by atoms with Crippen molar-refractivity contribution in [3.8, 4) is 0 Å². The fraction of sp³-hybridized carbons (Fsp3) is 0.647. The molecule has 0 saturated carbocycles. The second kappa shape index (κ2) is 8.04. The summed E-state index contributed by atoms with van der Waals surface area (Å²) in [6.07, 6.45) is 5.96.